The summed E-state index contributed by atoms with van der Waals surface area (Å²) in [6.45, 7) is 5.08. The number of nitrogens with one attached hydrogen (secondary N) is 1. The van der Waals surface area contributed by atoms with Gasteiger partial charge in [0.25, 0.3) is 5.91 Å². The zero-order chi connectivity index (χ0) is 20.6. The first-order valence-corrected chi connectivity index (χ1v) is 9.44. The molecule has 1 heterocycles. The fourth-order valence-electron chi connectivity index (χ4n) is 3.07. The van der Waals surface area contributed by atoms with E-state index < -0.39 is 29.9 Å². The van der Waals surface area contributed by atoms with Gasteiger partial charge in [0.1, 0.15) is 12.1 Å². The van der Waals surface area contributed by atoms with Crippen LogP contribution in [0.1, 0.15) is 19.4 Å². The van der Waals surface area contributed by atoms with Crippen LogP contribution >= 0.6 is 23.2 Å². The molecule has 1 aliphatic rings. The second-order valence-corrected chi connectivity index (χ2v) is 7.57. The summed E-state index contributed by atoms with van der Waals surface area (Å²) in [7, 11) is 0. The molecule has 0 aromatic heterocycles. The summed E-state index contributed by atoms with van der Waals surface area (Å²) in [4.78, 5) is 40.7. The number of aryl methyl sites for hydroxylation is 1. The van der Waals surface area contributed by atoms with Gasteiger partial charge in [-0.1, -0.05) is 40.9 Å². The zero-order valence-corrected chi connectivity index (χ0v) is 17.1. The highest BCUT2D eigenvalue weighted by Gasteiger charge is 2.47. The largest absolute Gasteiger partial charge is 0.332 e. The third-order valence-electron chi connectivity index (χ3n) is 4.60. The molecule has 146 valence electrons. The summed E-state index contributed by atoms with van der Waals surface area (Å²) in [5, 5.41) is 3.37. The van der Waals surface area contributed by atoms with E-state index in [1.807, 2.05) is 19.1 Å². The number of hydrogen-bond donors (Lipinski definition) is 1. The van der Waals surface area contributed by atoms with Gasteiger partial charge in [-0.2, -0.15) is 0 Å². The van der Waals surface area contributed by atoms with Crippen molar-refractivity contribution in [1.82, 2.24) is 4.90 Å². The lowest BCUT2D eigenvalue weighted by Crippen LogP contribution is -2.46. The van der Waals surface area contributed by atoms with Crippen molar-refractivity contribution >= 4 is 52.4 Å². The predicted octanol–water partition coefficient (Wildman–Crippen LogP) is 4.49. The van der Waals surface area contributed by atoms with Gasteiger partial charge in [-0.25, -0.2) is 9.69 Å². The molecule has 1 saturated heterocycles. The van der Waals surface area contributed by atoms with Gasteiger partial charge in [-0.05, 0) is 51.1 Å². The van der Waals surface area contributed by atoms with Gasteiger partial charge in [0, 0.05) is 21.4 Å². The number of carbonyl (C=O) groups is 3. The van der Waals surface area contributed by atoms with Gasteiger partial charge in [0.2, 0.25) is 5.91 Å². The van der Waals surface area contributed by atoms with E-state index in [1.165, 1.54) is 30.0 Å². The summed E-state index contributed by atoms with van der Waals surface area (Å²) in [6, 6.07) is 9.65. The van der Waals surface area contributed by atoms with Gasteiger partial charge in [-0.15, -0.1) is 0 Å². The Labute approximate surface area is 173 Å². The highest BCUT2D eigenvalue weighted by molar-refractivity contribution is 6.35. The number of benzene rings is 2. The van der Waals surface area contributed by atoms with E-state index in [1.54, 1.807) is 19.1 Å². The highest BCUT2D eigenvalue weighted by Crippen LogP contribution is 2.28. The minimum atomic E-state index is -1.00. The predicted molar refractivity (Wildman–Crippen MR) is 110 cm³/mol. The van der Waals surface area contributed by atoms with E-state index >= 15 is 0 Å². The number of amides is 4. The summed E-state index contributed by atoms with van der Waals surface area (Å²) in [5.41, 5.74) is 2.03. The first-order chi connectivity index (χ1) is 13.2. The number of halogens is 2. The molecule has 1 fully saturated rings. The summed E-state index contributed by atoms with van der Waals surface area (Å²) in [5.74, 6) is -0.949. The van der Waals surface area contributed by atoms with E-state index in [-0.39, 0.29) is 0 Å². The molecule has 28 heavy (non-hydrogen) atoms. The third kappa shape index (κ3) is 3.84. The topological polar surface area (TPSA) is 69.7 Å². The normalized spacial score (nSPS) is 17.8. The van der Waals surface area contributed by atoms with Crippen molar-refractivity contribution < 1.29 is 14.4 Å². The SMILES string of the molecule is Cc1ccc(N2C(=O)N([C@H](C)C(=O)Nc3cc(Cl)cc(Cl)c3)C(=O)[C@@H]2C)cc1. The van der Waals surface area contributed by atoms with Crippen LogP contribution in [-0.2, 0) is 9.59 Å². The van der Waals surface area contributed by atoms with Crippen LogP contribution in [0.5, 0.6) is 0 Å². The van der Waals surface area contributed by atoms with Gasteiger partial charge in [0.15, 0.2) is 0 Å². The Morgan fingerprint density at radius 3 is 2.21 bits per heavy atom. The monoisotopic (exact) mass is 419 g/mol. The molecule has 2 aromatic rings. The molecule has 6 nitrogen and oxygen atoms in total. The number of rotatable bonds is 4. The molecule has 0 unspecified atom stereocenters. The standard InChI is InChI=1S/C20H19Cl2N3O3/c1-11-4-6-17(7-5-11)24-13(3)19(27)25(20(24)28)12(2)18(26)23-16-9-14(21)8-15(22)10-16/h4-10,12-13H,1-3H3,(H,23,26)/t12-,13+/m1/s1. The fourth-order valence-corrected chi connectivity index (χ4v) is 3.60. The molecular formula is C20H19Cl2N3O3. The van der Waals surface area contributed by atoms with Crippen LogP contribution in [0.25, 0.3) is 0 Å². The van der Waals surface area contributed by atoms with Crippen molar-refractivity contribution in [3.8, 4) is 0 Å². The first kappa shape index (κ1) is 20.2. The maximum atomic E-state index is 12.9. The summed E-state index contributed by atoms with van der Waals surface area (Å²) < 4.78 is 0. The second-order valence-electron chi connectivity index (χ2n) is 6.70. The van der Waals surface area contributed by atoms with Crippen LogP contribution in [0.4, 0.5) is 16.2 Å². The van der Waals surface area contributed by atoms with Gasteiger partial charge >= 0.3 is 6.03 Å². The third-order valence-corrected chi connectivity index (χ3v) is 5.04. The molecule has 0 aliphatic carbocycles. The number of imide groups is 1. The molecule has 0 radical (unpaired) electrons. The van der Waals surface area contributed by atoms with Crippen molar-refractivity contribution in [1.29, 1.82) is 0 Å². The maximum Gasteiger partial charge on any atom is 0.332 e. The molecule has 8 heteroatoms. The van der Waals surface area contributed by atoms with Gasteiger partial charge < -0.3 is 5.32 Å². The van der Waals surface area contributed by atoms with E-state index in [9.17, 15) is 14.4 Å². The van der Waals surface area contributed by atoms with Crippen molar-refractivity contribution in [2.45, 2.75) is 32.9 Å². The average molecular weight is 420 g/mol. The molecule has 0 spiro atoms. The highest BCUT2D eigenvalue weighted by atomic mass is 35.5. The Bertz CT molecular complexity index is 926. The second kappa shape index (κ2) is 7.81. The number of urea groups is 1. The van der Waals surface area contributed by atoms with Gasteiger partial charge in [0.05, 0.1) is 0 Å². The number of anilines is 2. The Balaban J connectivity index is 1.81. The molecule has 1 aliphatic heterocycles. The van der Waals surface area contributed by atoms with Crippen LogP contribution in [0.2, 0.25) is 10.0 Å². The molecule has 0 saturated carbocycles. The van der Waals surface area contributed by atoms with E-state index in [0.29, 0.717) is 21.4 Å². The van der Waals surface area contributed by atoms with Gasteiger partial charge in [-0.3, -0.25) is 14.5 Å². The summed E-state index contributed by atoms with van der Waals surface area (Å²) >= 11 is 11.9. The minimum Gasteiger partial charge on any atom is -0.324 e. The van der Waals surface area contributed by atoms with Crippen molar-refractivity contribution in [3.63, 3.8) is 0 Å². The number of nitrogens with zero attached hydrogens (tertiary/aromatic N) is 2. The van der Waals surface area contributed by atoms with Crippen LogP contribution in [0.3, 0.4) is 0 Å². The molecule has 2 aromatic carbocycles. The van der Waals surface area contributed by atoms with Crippen molar-refractivity contribution in [2.24, 2.45) is 0 Å². The van der Waals surface area contributed by atoms with E-state index in [2.05, 4.69) is 5.32 Å². The minimum absolute atomic E-state index is 0.364. The zero-order valence-electron chi connectivity index (χ0n) is 15.6. The molecule has 2 atom stereocenters. The van der Waals surface area contributed by atoms with Crippen LogP contribution in [0, 0.1) is 6.92 Å². The fraction of sp³-hybridized carbons (Fsp3) is 0.250. The molecule has 4 amide bonds. The quantitative estimate of drug-likeness (QED) is 0.742. The molecule has 1 N–H and O–H groups in total. The first-order valence-electron chi connectivity index (χ1n) is 8.69. The van der Waals surface area contributed by atoms with Crippen LogP contribution in [0.15, 0.2) is 42.5 Å². The lowest BCUT2D eigenvalue weighted by Gasteiger charge is -2.23. The smallest absolute Gasteiger partial charge is 0.324 e. The maximum absolute atomic E-state index is 12.9. The van der Waals surface area contributed by atoms with Crippen LogP contribution in [-0.4, -0.2) is 34.8 Å². The number of hydrogen-bond acceptors (Lipinski definition) is 3. The van der Waals surface area contributed by atoms with Crippen LogP contribution < -0.4 is 10.2 Å². The summed E-state index contributed by atoms with van der Waals surface area (Å²) in [6.07, 6.45) is 0. The molecular weight excluding hydrogens is 401 g/mol. The Hall–Kier alpha value is -2.57. The Morgan fingerprint density at radius 2 is 1.64 bits per heavy atom. The van der Waals surface area contributed by atoms with Crippen molar-refractivity contribution in [3.05, 3.63) is 58.1 Å². The molecule has 3 rings (SSSR count). The Morgan fingerprint density at radius 1 is 1.07 bits per heavy atom. The van der Waals surface area contributed by atoms with E-state index in [0.717, 1.165) is 10.5 Å². The van der Waals surface area contributed by atoms with Crippen molar-refractivity contribution in [2.75, 3.05) is 10.2 Å². The molecule has 0 bridgehead atoms. The number of carbonyl (C=O) groups excluding carboxylic acids is 3. The Kier molecular flexibility index (Phi) is 5.63. The average Bonchev–Trinajstić information content (AvgIpc) is 2.83. The van der Waals surface area contributed by atoms with E-state index in [4.69, 9.17) is 23.2 Å². The lowest BCUT2D eigenvalue weighted by molar-refractivity contribution is -0.133. The lowest BCUT2D eigenvalue weighted by atomic mass is 10.2.